The van der Waals surface area contributed by atoms with Crippen LogP contribution in [0.15, 0.2) is 18.2 Å². The van der Waals surface area contributed by atoms with Gasteiger partial charge in [-0.2, -0.15) is 4.98 Å². The van der Waals surface area contributed by atoms with E-state index in [0.717, 1.165) is 42.8 Å². The SMILES string of the molecule is CNCC1CCCN(c2n[nH]c(-c3cccc(C)n3)n2)C1. The number of rotatable bonds is 4. The monoisotopic (exact) mass is 286 g/mol. The molecule has 2 aromatic heterocycles. The third-order valence-corrected chi connectivity index (χ3v) is 3.90. The lowest BCUT2D eigenvalue weighted by atomic mass is 9.98. The van der Waals surface area contributed by atoms with Crippen LogP contribution in [0, 0.1) is 12.8 Å². The van der Waals surface area contributed by atoms with E-state index in [0.29, 0.717) is 5.92 Å². The minimum atomic E-state index is 0.669. The second-order valence-electron chi connectivity index (χ2n) is 5.66. The van der Waals surface area contributed by atoms with Gasteiger partial charge in [-0.1, -0.05) is 6.07 Å². The van der Waals surface area contributed by atoms with Crippen LogP contribution >= 0.6 is 0 Å². The molecule has 3 rings (SSSR count). The standard InChI is InChI=1S/C15H22N6/c1-11-5-3-7-13(17-11)14-18-15(20-19-14)21-8-4-6-12(10-21)9-16-2/h3,5,7,12,16H,4,6,8-10H2,1-2H3,(H,18,19,20). The van der Waals surface area contributed by atoms with Gasteiger partial charge in [0.2, 0.25) is 5.95 Å². The van der Waals surface area contributed by atoms with Crippen molar-refractivity contribution in [2.45, 2.75) is 19.8 Å². The summed E-state index contributed by atoms with van der Waals surface area (Å²) in [6.45, 7) is 5.07. The lowest BCUT2D eigenvalue weighted by Crippen LogP contribution is -2.39. The van der Waals surface area contributed by atoms with E-state index in [2.05, 4.69) is 30.4 Å². The lowest BCUT2D eigenvalue weighted by molar-refractivity contribution is 0.399. The third-order valence-electron chi connectivity index (χ3n) is 3.90. The van der Waals surface area contributed by atoms with E-state index in [4.69, 9.17) is 0 Å². The fourth-order valence-electron chi connectivity index (χ4n) is 2.89. The van der Waals surface area contributed by atoms with Gasteiger partial charge in [0.25, 0.3) is 0 Å². The number of nitrogens with one attached hydrogen (secondary N) is 2. The number of nitrogens with zero attached hydrogens (tertiary/aromatic N) is 4. The summed E-state index contributed by atoms with van der Waals surface area (Å²) >= 11 is 0. The van der Waals surface area contributed by atoms with E-state index < -0.39 is 0 Å². The zero-order chi connectivity index (χ0) is 14.7. The largest absolute Gasteiger partial charge is 0.339 e. The van der Waals surface area contributed by atoms with Crippen LogP contribution in [0.5, 0.6) is 0 Å². The van der Waals surface area contributed by atoms with Crippen LogP contribution < -0.4 is 10.2 Å². The number of hydrogen-bond acceptors (Lipinski definition) is 5. The molecule has 0 amide bonds. The molecule has 3 heterocycles. The Balaban J connectivity index is 1.75. The average molecular weight is 286 g/mol. The van der Waals surface area contributed by atoms with E-state index in [9.17, 15) is 0 Å². The Kier molecular flexibility index (Phi) is 4.15. The molecular weight excluding hydrogens is 264 g/mol. The van der Waals surface area contributed by atoms with Gasteiger partial charge in [-0.05, 0) is 51.4 Å². The summed E-state index contributed by atoms with van der Waals surface area (Å²) in [4.78, 5) is 11.4. The van der Waals surface area contributed by atoms with Crippen LogP contribution in [0.25, 0.3) is 11.5 Å². The van der Waals surface area contributed by atoms with Crippen molar-refractivity contribution in [3.63, 3.8) is 0 Å². The Labute approximate surface area is 125 Å². The predicted octanol–water partition coefficient (Wildman–Crippen LogP) is 1.61. The van der Waals surface area contributed by atoms with Crippen molar-refractivity contribution < 1.29 is 0 Å². The predicted molar refractivity (Wildman–Crippen MR) is 83.2 cm³/mol. The first-order chi connectivity index (χ1) is 10.3. The number of piperidine rings is 1. The van der Waals surface area contributed by atoms with Crippen LogP contribution in [0.2, 0.25) is 0 Å². The molecule has 2 N–H and O–H groups in total. The average Bonchev–Trinajstić information content (AvgIpc) is 2.98. The van der Waals surface area contributed by atoms with Crippen LogP contribution in [0.3, 0.4) is 0 Å². The van der Waals surface area contributed by atoms with E-state index >= 15 is 0 Å². The van der Waals surface area contributed by atoms with Crippen LogP contribution in [-0.4, -0.2) is 46.8 Å². The summed E-state index contributed by atoms with van der Waals surface area (Å²) in [6, 6.07) is 5.93. The first-order valence-corrected chi connectivity index (χ1v) is 7.52. The molecule has 1 saturated heterocycles. The first-order valence-electron chi connectivity index (χ1n) is 7.52. The molecule has 1 unspecified atom stereocenters. The zero-order valence-corrected chi connectivity index (χ0v) is 12.6. The van der Waals surface area contributed by atoms with Gasteiger partial charge in [0.1, 0.15) is 5.69 Å². The molecule has 1 fully saturated rings. The van der Waals surface area contributed by atoms with Crippen LogP contribution in [0.1, 0.15) is 18.5 Å². The Bertz CT molecular complexity index is 591. The minimum absolute atomic E-state index is 0.669. The Morgan fingerprint density at radius 1 is 1.38 bits per heavy atom. The molecule has 21 heavy (non-hydrogen) atoms. The molecule has 6 nitrogen and oxygen atoms in total. The number of aryl methyl sites for hydroxylation is 1. The molecule has 0 radical (unpaired) electrons. The normalized spacial score (nSPS) is 19.0. The van der Waals surface area contributed by atoms with Crippen molar-refractivity contribution in [1.29, 1.82) is 0 Å². The van der Waals surface area contributed by atoms with Crippen molar-refractivity contribution in [3.05, 3.63) is 23.9 Å². The van der Waals surface area contributed by atoms with Gasteiger partial charge in [0.15, 0.2) is 5.82 Å². The Hall–Kier alpha value is -1.95. The molecule has 0 saturated carbocycles. The molecule has 1 aliphatic rings. The maximum absolute atomic E-state index is 4.62. The van der Waals surface area contributed by atoms with Gasteiger partial charge >= 0.3 is 0 Å². The van der Waals surface area contributed by atoms with E-state index in [1.54, 1.807) is 0 Å². The summed E-state index contributed by atoms with van der Waals surface area (Å²) in [6.07, 6.45) is 2.47. The number of anilines is 1. The Morgan fingerprint density at radius 2 is 2.29 bits per heavy atom. The molecule has 0 aromatic carbocycles. The van der Waals surface area contributed by atoms with Gasteiger partial charge in [0, 0.05) is 18.8 Å². The molecule has 6 heteroatoms. The summed E-state index contributed by atoms with van der Waals surface area (Å²) in [5, 5.41) is 10.6. The second kappa shape index (κ2) is 6.22. The summed E-state index contributed by atoms with van der Waals surface area (Å²) < 4.78 is 0. The van der Waals surface area contributed by atoms with Crippen molar-refractivity contribution in [3.8, 4) is 11.5 Å². The Morgan fingerprint density at radius 3 is 3.10 bits per heavy atom. The smallest absolute Gasteiger partial charge is 0.245 e. The number of aromatic amines is 1. The van der Waals surface area contributed by atoms with Crippen LogP contribution in [0.4, 0.5) is 5.95 Å². The van der Waals surface area contributed by atoms with Crippen molar-refractivity contribution in [2.24, 2.45) is 5.92 Å². The molecule has 112 valence electrons. The number of hydrogen-bond donors (Lipinski definition) is 2. The first kappa shape index (κ1) is 14.0. The van der Waals surface area contributed by atoms with Gasteiger partial charge in [0.05, 0.1) is 0 Å². The molecule has 1 aliphatic heterocycles. The molecule has 0 bridgehead atoms. The van der Waals surface area contributed by atoms with Crippen LogP contribution in [-0.2, 0) is 0 Å². The van der Waals surface area contributed by atoms with Gasteiger partial charge in [-0.25, -0.2) is 4.98 Å². The quantitative estimate of drug-likeness (QED) is 0.893. The second-order valence-corrected chi connectivity index (χ2v) is 5.66. The molecule has 1 atom stereocenters. The van der Waals surface area contributed by atoms with E-state index in [1.165, 1.54) is 12.8 Å². The number of H-pyrrole nitrogens is 1. The number of aromatic nitrogens is 4. The maximum atomic E-state index is 4.62. The minimum Gasteiger partial charge on any atom is -0.339 e. The zero-order valence-electron chi connectivity index (χ0n) is 12.6. The van der Waals surface area contributed by atoms with Gasteiger partial charge in [-0.3, -0.25) is 5.10 Å². The number of pyridine rings is 1. The maximum Gasteiger partial charge on any atom is 0.245 e. The molecule has 2 aromatic rings. The highest BCUT2D eigenvalue weighted by atomic mass is 15.4. The fourth-order valence-corrected chi connectivity index (χ4v) is 2.89. The molecular formula is C15H22N6. The molecule has 0 aliphatic carbocycles. The lowest BCUT2D eigenvalue weighted by Gasteiger charge is -2.31. The fraction of sp³-hybridized carbons (Fsp3) is 0.533. The van der Waals surface area contributed by atoms with Gasteiger partial charge < -0.3 is 10.2 Å². The van der Waals surface area contributed by atoms with Gasteiger partial charge in [-0.15, -0.1) is 5.10 Å². The van der Waals surface area contributed by atoms with E-state index in [1.807, 2.05) is 32.2 Å². The summed E-state index contributed by atoms with van der Waals surface area (Å²) in [7, 11) is 2.01. The topological polar surface area (TPSA) is 69.7 Å². The summed E-state index contributed by atoms with van der Waals surface area (Å²) in [5.74, 6) is 2.20. The van der Waals surface area contributed by atoms with E-state index in [-0.39, 0.29) is 0 Å². The van der Waals surface area contributed by atoms with Crippen molar-refractivity contribution in [2.75, 3.05) is 31.6 Å². The molecule has 0 spiro atoms. The van der Waals surface area contributed by atoms with Crippen molar-refractivity contribution in [1.82, 2.24) is 25.5 Å². The highest BCUT2D eigenvalue weighted by Crippen LogP contribution is 2.22. The highest BCUT2D eigenvalue weighted by molar-refractivity contribution is 5.51. The van der Waals surface area contributed by atoms with Crippen molar-refractivity contribution >= 4 is 5.95 Å². The summed E-state index contributed by atoms with van der Waals surface area (Å²) in [5.41, 5.74) is 1.83. The third kappa shape index (κ3) is 3.21. The highest BCUT2D eigenvalue weighted by Gasteiger charge is 2.22.